The minimum atomic E-state index is 1.09. The molecule has 0 spiro atoms. The van der Waals surface area contributed by atoms with Crippen molar-refractivity contribution in [2.45, 2.75) is 26.7 Å². The molecule has 0 aliphatic heterocycles. The van der Waals surface area contributed by atoms with Crippen LogP contribution in [-0.4, -0.2) is 9.61 Å². The summed E-state index contributed by atoms with van der Waals surface area (Å²) in [6.45, 7) is 4.27. The number of hydrogen-bond acceptors (Lipinski definition) is 2. The molecule has 2 nitrogen and oxygen atoms in total. The van der Waals surface area contributed by atoms with Crippen LogP contribution in [0.15, 0.2) is 11.4 Å². The summed E-state index contributed by atoms with van der Waals surface area (Å²) in [5.74, 6) is 0. The lowest BCUT2D eigenvalue weighted by Gasteiger charge is -1.88. The first-order valence-corrected chi connectivity index (χ1v) is 5.12. The van der Waals surface area contributed by atoms with Crippen molar-refractivity contribution in [3.63, 3.8) is 0 Å². The van der Waals surface area contributed by atoms with Gasteiger partial charge in [-0.2, -0.15) is 5.10 Å². The summed E-state index contributed by atoms with van der Waals surface area (Å²) in [4.78, 5) is 1.26. The van der Waals surface area contributed by atoms with Crippen LogP contribution in [-0.2, 0) is 6.42 Å². The number of nitrogens with zero attached hydrogens (tertiary/aromatic N) is 2. The normalized spacial score (nSPS) is 11.2. The van der Waals surface area contributed by atoms with Crippen LogP contribution in [0.25, 0.3) is 4.83 Å². The summed E-state index contributed by atoms with van der Waals surface area (Å²) in [7, 11) is 0. The Hall–Kier alpha value is -0.830. The molecule has 0 atom stereocenters. The van der Waals surface area contributed by atoms with E-state index in [1.165, 1.54) is 22.6 Å². The van der Waals surface area contributed by atoms with E-state index in [-0.39, 0.29) is 0 Å². The van der Waals surface area contributed by atoms with Crippen molar-refractivity contribution in [1.29, 1.82) is 0 Å². The van der Waals surface area contributed by atoms with Crippen molar-refractivity contribution in [3.8, 4) is 0 Å². The molecule has 0 fully saturated rings. The molecule has 0 aliphatic rings. The standard InChI is InChI=1S/C9H12N2S/c1-3-4-8-5-9-11(10-8)7(2)6-12-9/h5-6H,3-4H2,1-2H3. The van der Waals surface area contributed by atoms with Crippen LogP contribution in [0.1, 0.15) is 24.7 Å². The van der Waals surface area contributed by atoms with Crippen molar-refractivity contribution < 1.29 is 0 Å². The van der Waals surface area contributed by atoms with Crippen molar-refractivity contribution in [2.24, 2.45) is 0 Å². The Morgan fingerprint density at radius 1 is 1.58 bits per heavy atom. The van der Waals surface area contributed by atoms with Gasteiger partial charge in [0.25, 0.3) is 0 Å². The van der Waals surface area contributed by atoms with Gasteiger partial charge in [-0.15, -0.1) is 11.3 Å². The molecule has 64 valence electrons. The van der Waals surface area contributed by atoms with Gasteiger partial charge in [0.05, 0.1) is 11.4 Å². The zero-order valence-electron chi connectivity index (χ0n) is 7.37. The molecule has 0 radical (unpaired) electrons. The maximum atomic E-state index is 4.49. The van der Waals surface area contributed by atoms with E-state index < -0.39 is 0 Å². The van der Waals surface area contributed by atoms with Gasteiger partial charge in [0.1, 0.15) is 4.83 Å². The third kappa shape index (κ3) is 1.14. The van der Waals surface area contributed by atoms with Gasteiger partial charge in [0.2, 0.25) is 0 Å². The first kappa shape index (κ1) is 7.80. The first-order valence-electron chi connectivity index (χ1n) is 4.24. The maximum Gasteiger partial charge on any atom is 0.119 e. The van der Waals surface area contributed by atoms with E-state index in [1.54, 1.807) is 11.3 Å². The van der Waals surface area contributed by atoms with Crippen LogP contribution in [0.2, 0.25) is 0 Å². The van der Waals surface area contributed by atoms with Crippen molar-refractivity contribution in [2.75, 3.05) is 0 Å². The average Bonchev–Trinajstić information content (AvgIpc) is 2.55. The molecule has 12 heavy (non-hydrogen) atoms. The Morgan fingerprint density at radius 2 is 2.42 bits per heavy atom. The predicted molar refractivity (Wildman–Crippen MR) is 51.8 cm³/mol. The molecule has 0 amide bonds. The number of aromatic nitrogens is 2. The molecule has 0 bridgehead atoms. The van der Waals surface area contributed by atoms with Crippen LogP contribution in [0.5, 0.6) is 0 Å². The van der Waals surface area contributed by atoms with Crippen LogP contribution < -0.4 is 0 Å². The number of aryl methyl sites for hydroxylation is 2. The summed E-state index contributed by atoms with van der Waals surface area (Å²) in [6, 6.07) is 2.18. The molecule has 0 aromatic carbocycles. The molecule has 2 aromatic heterocycles. The van der Waals surface area contributed by atoms with Gasteiger partial charge in [-0.05, 0) is 19.4 Å². The highest BCUT2D eigenvalue weighted by molar-refractivity contribution is 7.15. The molecule has 3 heteroatoms. The molecular weight excluding hydrogens is 168 g/mol. The van der Waals surface area contributed by atoms with Crippen molar-refractivity contribution in [1.82, 2.24) is 9.61 Å². The monoisotopic (exact) mass is 180 g/mol. The van der Waals surface area contributed by atoms with E-state index in [4.69, 9.17) is 0 Å². The van der Waals surface area contributed by atoms with E-state index in [2.05, 4.69) is 30.4 Å². The van der Waals surface area contributed by atoms with Gasteiger partial charge < -0.3 is 0 Å². The highest BCUT2D eigenvalue weighted by Gasteiger charge is 2.03. The molecule has 0 aliphatic carbocycles. The highest BCUT2D eigenvalue weighted by Crippen LogP contribution is 2.17. The van der Waals surface area contributed by atoms with Crippen LogP contribution >= 0.6 is 11.3 Å². The van der Waals surface area contributed by atoms with Crippen molar-refractivity contribution in [3.05, 3.63) is 22.8 Å². The summed E-state index contributed by atoms with van der Waals surface area (Å²) in [5.41, 5.74) is 2.45. The summed E-state index contributed by atoms with van der Waals surface area (Å²) in [6.07, 6.45) is 2.26. The molecule has 2 aromatic rings. The van der Waals surface area contributed by atoms with E-state index in [0.29, 0.717) is 0 Å². The minimum Gasteiger partial charge on any atom is -0.227 e. The summed E-state index contributed by atoms with van der Waals surface area (Å²) < 4.78 is 2.02. The minimum absolute atomic E-state index is 1.09. The van der Waals surface area contributed by atoms with Crippen LogP contribution in [0, 0.1) is 6.92 Å². The zero-order valence-corrected chi connectivity index (χ0v) is 8.19. The fourth-order valence-electron chi connectivity index (χ4n) is 1.32. The fraction of sp³-hybridized carbons (Fsp3) is 0.444. The fourth-order valence-corrected chi connectivity index (χ4v) is 2.20. The Morgan fingerprint density at radius 3 is 3.08 bits per heavy atom. The van der Waals surface area contributed by atoms with Gasteiger partial charge in [-0.25, -0.2) is 4.52 Å². The van der Waals surface area contributed by atoms with E-state index in [0.717, 1.165) is 6.42 Å². The quantitative estimate of drug-likeness (QED) is 0.694. The van der Waals surface area contributed by atoms with Gasteiger partial charge in [-0.1, -0.05) is 13.3 Å². The largest absolute Gasteiger partial charge is 0.227 e. The Kier molecular flexibility index (Phi) is 1.89. The Bertz CT molecular complexity index is 386. The Balaban J connectivity index is 2.48. The lowest BCUT2D eigenvalue weighted by atomic mass is 10.3. The average molecular weight is 180 g/mol. The zero-order chi connectivity index (χ0) is 8.55. The number of hydrogen-bond donors (Lipinski definition) is 0. The molecule has 0 unspecified atom stereocenters. The highest BCUT2D eigenvalue weighted by atomic mass is 32.1. The van der Waals surface area contributed by atoms with E-state index >= 15 is 0 Å². The van der Waals surface area contributed by atoms with Crippen molar-refractivity contribution >= 4 is 16.2 Å². The number of fused-ring (bicyclic) bond motifs is 1. The molecular formula is C9H12N2S. The molecule has 0 saturated heterocycles. The second kappa shape index (κ2) is 2.90. The van der Waals surface area contributed by atoms with Gasteiger partial charge >= 0.3 is 0 Å². The lowest BCUT2D eigenvalue weighted by molar-refractivity contribution is 0.827. The first-order chi connectivity index (χ1) is 5.81. The molecule has 2 heterocycles. The molecule has 0 N–H and O–H groups in total. The number of thiazole rings is 1. The lowest BCUT2D eigenvalue weighted by Crippen LogP contribution is -1.89. The van der Waals surface area contributed by atoms with Gasteiger partial charge in [0.15, 0.2) is 0 Å². The van der Waals surface area contributed by atoms with Crippen LogP contribution in [0.3, 0.4) is 0 Å². The van der Waals surface area contributed by atoms with Gasteiger partial charge in [-0.3, -0.25) is 0 Å². The predicted octanol–water partition coefficient (Wildman–Crippen LogP) is 2.66. The third-order valence-electron chi connectivity index (χ3n) is 1.92. The second-order valence-corrected chi connectivity index (χ2v) is 3.90. The Labute approximate surface area is 75.8 Å². The van der Waals surface area contributed by atoms with E-state index in [1.807, 2.05) is 4.52 Å². The van der Waals surface area contributed by atoms with E-state index in [9.17, 15) is 0 Å². The molecule has 2 rings (SSSR count). The maximum absolute atomic E-state index is 4.49. The smallest absolute Gasteiger partial charge is 0.119 e. The third-order valence-corrected chi connectivity index (χ3v) is 2.91. The summed E-state index contributed by atoms with van der Waals surface area (Å²) >= 11 is 1.76. The van der Waals surface area contributed by atoms with Crippen LogP contribution in [0.4, 0.5) is 0 Å². The number of rotatable bonds is 2. The van der Waals surface area contributed by atoms with Gasteiger partial charge in [0, 0.05) is 5.38 Å². The SMILES string of the molecule is CCCc1cc2scc(C)n2n1. The summed E-state index contributed by atoms with van der Waals surface area (Å²) in [5, 5.41) is 6.63. The topological polar surface area (TPSA) is 17.3 Å². The second-order valence-electron chi connectivity index (χ2n) is 3.01. The molecule has 0 saturated carbocycles.